The molecular formula is H13NaO5S. The first-order valence-corrected chi connectivity index (χ1v) is 0. The van der Waals surface area contributed by atoms with Gasteiger partial charge < -0.3 is 28.8 Å². The Bertz CT molecular complexity index is 12.4. The quantitative estimate of drug-likeness (QED) is 0.299. The van der Waals surface area contributed by atoms with Gasteiger partial charge in [0.05, 0.1) is 0 Å². The van der Waals surface area contributed by atoms with Crippen LogP contribution >= 0.6 is 13.5 Å². The van der Waals surface area contributed by atoms with E-state index in [1.807, 2.05) is 0 Å². The minimum atomic E-state index is 0. The van der Waals surface area contributed by atoms with Crippen molar-refractivity contribution in [2.45, 2.75) is 0 Å². The van der Waals surface area contributed by atoms with Crippen molar-refractivity contribution in [3.8, 4) is 0 Å². The third-order valence-corrected chi connectivity index (χ3v) is 0. The van der Waals surface area contributed by atoms with E-state index in [9.17, 15) is 0 Å². The summed E-state index contributed by atoms with van der Waals surface area (Å²) in [6, 6.07) is 0. The maximum Gasteiger partial charge on any atom is 1.00 e. The molecule has 0 radical (unpaired) electrons. The van der Waals surface area contributed by atoms with Crippen LogP contribution in [0.15, 0.2) is 0 Å². The van der Waals surface area contributed by atoms with Crippen LogP contribution in [0.2, 0.25) is 0 Å². The van der Waals surface area contributed by atoms with Crippen molar-refractivity contribution < 1.29 is 58.4 Å². The third-order valence-electron chi connectivity index (χ3n) is 0. The third kappa shape index (κ3) is 143. The summed E-state index contributed by atoms with van der Waals surface area (Å²) in [6.07, 6.45) is 0. The molecule has 0 saturated heterocycles. The Morgan fingerprint density at radius 1 is 0.571 bits per heavy atom. The van der Waals surface area contributed by atoms with E-state index in [1.165, 1.54) is 0 Å². The van der Waals surface area contributed by atoms with Gasteiger partial charge in [0.15, 0.2) is 0 Å². The molecule has 0 aliphatic carbocycles. The minimum absolute atomic E-state index is 0. The first kappa shape index (κ1) is 315. The molecule has 0 aromatic rings. The summed E-state index contributed by atoms with van der Waals surface area (Å²) in [5, 5.41) is 0. The molecule has 0 atom stereocenters. The van der Waals surface area contributed by atoms with Gasteiger partial charge in [-0.1, -0.05) is 0 Å². The number of hydrogen-bond acceptors (Lipinski definition) is 0. The van der Waals surface area contributed by atoms with Crippen molar-refractivity contribution in [3.05, 3.63) is 0 Å². The standard InChI is InChI=1S/Na.5H2O.H2S.H/h;6*1H2;/q+1;;;;;;;-1. The van der Waals surface area contributed by atoms with Gasteiger partial charge in [0.25, 0.3) is 0 Å². The molecule has 0 rings (SSSR count). The van der Waals surface area contributed by atoms with Crippen LogP contribution in [0.5, 0.6) is 0 Å². The van der Waals surface area contributed by atoms with Crippen molar-refractivity contribution in [1.29, 1.82) is 0 Å². The Balaban J connectivity index is 0. The summed E-state index contributed by atoms with van der Waals surface area (Å²) in [4.78, 5) is 0. The van der Waals surface area contributed by atoms with Crippen LogP contribution in [0.3, 0.4) is 0 Å². The first-order chi connectivity index (χ1) is 0. The molecule has 0 aromatic heterocycles. The van der Waals surface area contributed by atoms with Crippen LogP contribution in [0, 0.1) is 0 Å². The molecule has 0 aliphatic heterocycles. The summed E-state index contributed by atoms with van der Waals surface area (Å²) < 4.78 is 0. The zero-order valence-electron chi connectivity index (χ0n) is 5.00. The molecule has 50 valence electrons. The second kappa shape index (κ2) is 204. The summed E-state index contributed by atoms with van der Waals surface area (Å²) in [6.45, 7) is 0. The maximum atomic E-state index is 0. The van der Waals surface area contributed by atoms with E-state index >= 15 is 0 Å². The molecule has 0 saturated carbocycles. The molecule has 0 spiro atoms. The molecule has 0 aromatic carbocycles. The Morgan fingerprint density at radius 2 is 0.571 bits per heavy atom. The van der Waals surface area contributed by atoms with Crippen LogP contribution in [0.1, 0.15) is 1.43 Å². The number of rotatable bonds is 0. The second-order valence-electron chi connectivity index (χ2n) is 0. The van der Waals surface area contributed by atoms with Gasteiger partial charge in [-0.15, -0.1) is 0 Å². The van der Waals surface area contributed by atoms with Crippen molar-refractivity contribution in [2.24, 2.45) is 0 Å². The monoisotopic (exact) mass is 148 g/mol. The molecular weight excluding hydrogens is 135 g/mol. The second-order valence-corrected chi connectivity index (χ2v) is 0. The fourth-order valence-electron chi connectivity index (χ4n) is 0. The molecule has 0 fully saturated rings. The van der Waals surface area contributed by atoms with Crippen molar-refractivity contribution >= 4 is 13.5 Å². The van der Waals surface area contributed by atoms with Gasteiger partial charge in [0, 0.05) is 0 Å². The summed E-state index contributed by atoms with van der Waals surface area (Å²) in [5.41, 5.74) is 0. The van der Waals surface area contributed by atoms with E-state index in [0.717, 1.165) is 0 Å². The smallest absolute Gasteiger partial charge is 1.00 e. The fourth-order valence-corrected chi connectivity index (χ4v) is 0. The van der Waals surface area contributed by atoms with E-state index in [2.05, 4.69) is 0 Å². The summed E-state index contributed by atoms with van der Waals surface area (Å²) in [7, 11) is 0. The van der Waals surface area contributed by atoms with E-state index in [-0.39, 0.29) is 71.9 Å². The van der Waals surface area contributed by atoms with Gasteiger partial charge in [-0.2, -0.15) is 13.5 Å². The zero-order chi connectivity index (χ0) is 0. The summed E-state index contributed by atoms with van der Waals surface area (Å²) >= 11 is 0. The topological polar surface area (TPSA) is 158 Å². The molecule has 0 bridgehead atoms. The van der Waals surface area contributed by atoms with Crippen LogP contribution in [-0.2, 0) is 0 Å². The molecule has 0 amide bonds. The van der Waals surface area contributed by atoms with Gasteiger partial charge in [-0.3, -0.25) is 0 Å². The number of hydrogen-bond donors (Lipinski definition) is 0. The molecule has 0 aliphatic rings. The van der Waals surface area contributed by atoms with E-state index < -0.39 is 0 Å². The zero-order valence-corrected chi connectivity index (χ0v) is 7.00. The maximum absolute atomic E-state index is 0. The fraction of sp³-hybridized carbons (Fsp3) is 0. The van der Waals surface area contributed by atoms with Crippen LogP contribution in [-0.4, -0.2) is 27.4 Å². The summed E-state index contributed by atoms with van der Waals surface area (Å²) in [5.74, 6) is 0. The predicted octanol–water partition coefficient (Wildman–Crippen LogP) is -6.89. The predicted molar refractivity (Wildman–Crippen MR) is 29.6 cm³/mol. The van der Waals surface area contributed by atoms with Crippen LogP contribution in [0.4, 0.5) is 0 Å². The van der Waals surface area contributed by atoms with E-state index in [1.54, 1.807) is 0 Å². The Morgan fingerprint density at radius 3 is 0.571 bits per heavy atom. The van der Waals surface area contributed by atoms with Gasteiger partial charge in [0.1, 0.15) is 0 Å². The Labute approximate surface area is 71.9 Å². The van der Waals surface area contributed by atoms with Crippen molar-refractivity contribution in [3.63, 3.8) is 0 Å². The van der Waals surface area contributed by atoms with Crippen molar-refractivity contribution in [1.82, 2.24) is 0 Å². The molecule has 5 nitrogen and oxygen atoms in total. The molecule has 0 unspecified atom stereocenters. The van der Waals surface area contributed by atoms with Crippen molar-refractivity contribution in [2.75, 3.05) is 0 Å². The van der Waals surface area contributed by atoms with E-state index in [0.29, 0.717) is 0 Å². The molecule has 0 heterocycles. The molecule has 7 heteroatoms. The van der Waals surface area contributed by atoms with Crippen LogP contribution in [0.25, 0.3) is 0 Å². The minimum Gasteiger partial charge on any atom is -1.00 e. The largest absolute Gasteiger partial charge is 1.00 e. The van der Waals surface area contributed by atoms with Gasteiger partial charge >= 0.3 is 29.6 Å². The average molecular weight is 148 g/mol. The van der Waals surface area contributed by atoms with E-state index in [4.69, 9.17) is 0 Å². The molecule has 7 heavy (non-hydrogen) atoms. The normalized spacial score (nSPS) is 0. The Hall–Kier alpha value is 1.15. The molecule has 10 N–H and O–H groups in total. The first-order valence-electron chi connectivity index (χ1n) is 0. The van der Waals surface area contributed by atoms with Gasteiger partial charge in [-0.25, -0.2) is 0 Å². The Kier molecular flexibility index (Phi) is 9200. The van der Waals surface area contributed by atoms with Gasteiger partial charge in [0.2, 0.25) is 0 Å². The van der Waals surface area contributed by atoms with Gasteiger partial charge in [-0.05, 0) is 0 Å². The van der Waals surface area contributed by atoms with Crippen LogP contribution < -0.4 is 29.6 Å². The SMILES string of the molecule is O.O.O.O.O.S.[H-].[Na+]. The average Bonchev–Trinajstić information content (AvgIpc) is 0.